The molecular weight excluding hydrogens is 240 g/mol. The second kappa shape index (κ2) is 4.99. The number of nitrogens with zero attached hydrogens (tertiary/aromatic N) is 3. The molecule has 2 atom stereocenters. The average molecular weight is 258 g/mol. The lowest BCUT2D eigenvalue weighted by molar-refractivity contribution is 0.0912. The van der Waals surface area contributed by atoms with E-state index in [9.17, 15) is 4.79 Å². The van der Waals surface area contributed by atoms with Crippen molar-refractivity contribution < 1.29 is 4.79 Å². The highest BCUT2D eigenvalue weighted by atomic mass is 16.1. The van der Waals surface area contributed by atoms with Crippen molar-refractivity contribution in [1.29, 1.82) is 0 Å². The van der Waals surface area contributed by atoms with Crippen LogP contribution in [0, 0.1) is 5.92 Å². The Labute approximate surface area is 112 Å². The van der Waals surface area contributed by atoms with Crippen LogP contribution in [-0.2, 0) is 0 Å². The van der Waals surface area contributed by atoms with Gasteiger partial charge >= 0.3 is 0 Å². The second-order valence-electron chi connectivity index (χ2n) is 5.29. The number of carbonyl (C=O) groups is 1. The highest BCUT2D eigenvalue weighted by molar-refractivity contribution is 5.99. The molecule has 1 aliphatic rings. The number of nitrogens with one attached hydrogen (secondary N) is 1. The van der Waals surface area contributed by atoms with Gasteiger partial charge in [0.05, 0.1) is 6.20 Å². The van der Waals surface area contributed by atoms with Crippen LogP contribution in [-0.4, -0.2) is 26.5 Å². The predicted octanol–water partition coefficient (Wildman–Crippen LogP) is 2.04. The molecule has 0 spiro atoms. The molecule has 2 heterocycles. The van der Waals surface area contributed by atoms with Crippen molar-refractivity contribution in [3.05, 3.63) is 30.2 Å². The zero-order valence-electron chi connectivity index (χ0n) is 11.0. The first-order valence-electron chi connectivity index (χ1n) is 6.85. The third-order valence-electron chi connectivity index (χ3n) is 3.95. The number of hydrogen-bond donors (Lipinski definition) is 1. The van der Waals surface area contributed by atoms with Gasteiger partial charge in [0.15, 0.2) is 5.65 Å². The van der Waals surface area contributed by atoms with Gasteiger partial charge in [-0.05, 0) is 24.8 Å². The Balaban J connectivity index is 1.80. The van der Waals surface area contributed by atoms with Gasteiger partial charge in [-0.25, -0.2) is 9.50 Å². The molecule has 1 aliphatic carbocycles. The van der Waals surface area contributed by atoms with Crippen molar-refractivity contribution >= 4 is 11.6 Å². The highest BCUT2D eigenvalue weighted by Crippen LogP contribution is 2.24. The van der Waals surface area contributed by atoms with E-state index in [4.69, 9.17) is 0 Å². The Bertz CT molecular complexity index is 592. The summed E-state index contributed by atoms with van der Waals surface area (Å²) < 4.78 is 1.62. The van der Waals surface area contributed by atoms with Crippen molar-refractivity contribution in [2.75, 3.05) is 0 Å². The SMILES string of the molecule is C[C@H]1CCCC[C@@H]1NC(=O)c1cnn2cccnc12. The maximum atomic E-state index is 12.3. The third kappa shape index (κ3) is 2.32. The number of fused-ring (bicyclic) bond motifs is 1. The Morgan fingerprint density at radius 1 is 1.42 bits per heavy atom. The average Bonchev–Trinajstić information content (AvgIpc) is 2.85. The molecule has 2 aromatic heterocycles. The van der Waals surface area contributed by atoms with E-state index in [2.05, 4.69) is 22.3 Å². The first-order valence-corrected chi connectivity index (χ1v) is 6.85. The first kappa shape index (κ1) is 12.1. The smallest absolute Gasteiger partial charge is 0.256 e. The zero-order valence-corrected chi connectivity index (χ0v) is 11.0. The van der Waals surface area contributed by atoms with Crippen LogP contribution in [0.5, 0.6) is 0 Å². The summed E-state index contributed by atoms with van der Waals surface area (Å²) in [7, 11) is 0. The van der Waals surface area contributed by atoms with E-state index in [0.717, 1.165) is 6.42 Å². The number of carbonyl (C=O) groups excluding carboxylic acids is 1. The van der Waals surface area contributed by atoms with Crippen LogP contribution in [0.2, 0.25) is 0 Å². The Kier molecular flexibility index (Phi) is 3.19. The van der Waals surface area contributed by atoms with Crippen LogP contribution < -0.4 is 5.32 Å². The van der Waals surface area contributed by atoms with Crippen molar-refractivity contribution in [3.8, 4) is 0 Å². The van der Waals surface area contributed by atoms with Crippen molar-refractivity contribution in [1.82, 2.24) is 19.9 Å². The van der Waals surface area contributed by atoms with E-state index in [1.165, 1.54) is 19.3 Å². The molecule has 0 saturated heterocycles. The number of aromatic nitrogens is 3. The molecule has 5 nitrogen and oxygen atoms in total. The van der Waals surface area contributed by atoms with Gasteiger partial charge in [0.1, 0.15) is 5.56 Å². The molecule has 1 saturated carbocycles. The van der Waals surface area contributed by atoms with Crippen molar-refractivity contribution in [3.63, 3.8) is 0 Å². The fourth-order valence-corrected chi connectivity index (χ4v) is 2.76. The summed E-state index contributed by atoms with van der Waals surface area (Å²) in [4.78, 5) is 16.5. The minimum Gasteiger partial charge on any atom is -0.349 e. The van der Waals surface area contributed by atoms with E-state index in [0.29, 0.717) is 17.1 Å². The van der Waals surface area contributed by atoms with Crippen molar-refractivity contribution in [2.24, 2.45) is 5.92 Å². The zero-order chi connectivity index (χ0) is 13.2. The molecule has 0 unspecified atom stereocenters. The minimum atomic E-state index is -0.0625. The van der Waals surface area contributed by atoms with Crippen LogP contribution >= 0.6 is 0 Å². The van der Waals surface area contributed by atoms with Gasteiger partial charge in [-0.2, -0.15) is 5.10 Å². The summed E-state index contributed by atoms with van der Waals surface area (Å²) in [5.41, 5.74) is 1.17. The quantitative estimate of drug-likeness (QED) is 0.896. The molecule has 100 valence electrons. The van der Waals surface area contributed by atoms with E-state index >= 15 is 0 Å². The van der Waals surface area contributed by atoms with E-state index in [-0.39, 0.29) is 11.9 Å². The van der Waals surface area contributed by atoms with Gasteiger partial charge < -0.3 is 5.32 Å². The topological polar surface area (TPSA) is 59.3 Å². The molecule has 1 N–H and O–H groups in total. The standard InChI is InChI=1S/C14H18N4O/c1-10-5-2-3-6-12(10)17-14(19)11-9-16-18-8-4-7-15-13(11)18/h4,7-10,12H,2-3,5-6H2,1H3,(H,17,19)/t10-,12-/m0/s1. The van der Waals surface area contributed by atoms with Gasteiger partial charge in [0.25, 0.3) is 5.91 Å². The third-order valence-corrected chi connectivity index (χ3v) is 3.95. The predicted molar refractivity (Wildman–Crippen MR) is 71.9 cm³/mol. The number of amides is 1. The van der Waals surface area contributed by atoms with Crippen LogP contribution in [0.4, 0.5) is 0 Å². The normalized spacial score (nSPS) is 23.4. The van der Waals surface area contributed by atoms with Crippen LogP contribution in [0.1, 0.15) is 43.0 Å². The lowest BCUT2D eigenvalue weighted by Crippen LogP contribution is -2.41. The molecule has 3 rings (SSSR count). The first-order chi connectivity index (χ1) is 9.25. The summed E-state index contributed by atoms with van der Waals surface area (Å²) in [6.07, 6.45) is 9.79. The molecule has 2 aromatic rings. The lowest BCUT2D eigenvalue weighted by Gasteiger charge is -2.29. The summed E-state index contributed by atoms with van der Waals surface area (Å²) in [6.45, 7) is 2.21. The second-order valence-corrected chi connectivity index (χ2v) is 5.29. The molecule has 0 aromatic carbocycles. The molecule has 1 fully saturated rings. The highest BCUT2D eigenvalue weighted by Gasteiger charge is 2.24. The molecule has 0 bridgehead atoms. The number of rotatable bonds is 2. The van der Waals surface area contributed by atoms with E-state index < -0.39 is 0 Å². The fraction of sp³-hybridized carbons (Fsp3) is 0.500. The monoisotopic (exact) mass is 258 g/mol. The van der Waals surface area contributed by atoms with Crippen molar-refractivity contribution in [2.45, 2.75) is 38.6 Å². The summed E-state index contributed by atoms with van der Waals surface area (Å²) >= 11 is 0. The summed E-state index contributed by atoms with van der Waals surface area (Å²) in [6, 6.07) is 2.07. The van der Waals surface area contributed by atoms with E-state index in [1.54, 1.807) is 29.2 Å². The Hall–Kier alpha value is -1.91. The van der Waals surface area contributed by atoms with Crippen LogP contribution in [0.25, 0.3) is 5.65 Å². The fourth-order valence-electron chi connectivity index (χ4n) is 2.76. The summed E-state index contributed by atoms with van der Waals surface area (Å²) in [5.74, 6) is 0.486. The number of hydrogen-bond acceptors (Lipinski definition) is 3. The van der Waals surface area contributed by atoms with Gasteiger partial charge in [-0.15, -0.1) is 0 Å². The molecule has 19 heavy (non-hydrogen) atoms. The molecule has 1 amide bonds. The lowest BCUT2D eigenvalue weighted by atomic mass is 9.86. The Morgan fingerprint density at radius 2 is 2.26 bits per heavy atom. The van der Waals surface area contributed by atoms with Crippen LogP contribution in [0.15, 0.2) is 24.7 Å². The largest absolute Gasteiger partial charge is 0.349 e. The van der Waals surface area contributed by atoms with Gasteiger partial charge in [0, 0.05) is 18.4 Å². The minimum absolute atomic E-state index is 0.0625. The van der Waals surface area contributed by atoms with Gasteiger partial charge in [0.2, 0.25) is 0 Å². The Morgan fingerprint density at radius 3 is 3.11 bits per heavy atom. The molecule has 5 heteroatoms. The maximum absolute atomic E-state index is 12.3. The molecular formula is C14H18N4O. The molecule has 0 radical (unpaired) electrons. The van der Waals surface area contributed by atoms with Gasteiger partial charge in [-0.3, -0.25) is 4.79 Å². The van der Waals surface area contributed by atoms with E-state index in [1.807, 2.05) is 0 Å². The summed E-state index contributed by atoms with van der Waals surface area (Å²) in [5, 5.41) is 7.28. The van der Waals surface area contributed by atoms with Gasteiger partial charge in [-0.1, -0.05) is 19.8 Å². The maximum Gasteiger partial charge on any atom is 0.256 e. The van der Waals surface area contributed by atoms with Crippen LogP contribution in [0.3, 0.4) is 0 Å². The molecule has 0 aliphatic heterocycles.